The number of phenols is 1. The van der Waals surface area contributed by atoms with Crippen molar-refractivity contribution in [2.75, 3.05) is 33.3 Å². The SMILES string of the molecule is CC[C@@H](c1c(C#N)ccc(OC)c1O)N1CCNCC1. The molecule has 0 bridgehead atoms. The lowest BCUT2D eigenvalue weighted by Crippen LogP contribution is -2.45. The van der Waals surface area contributed by atoms with Crippen LogP contribution in [0, 0.1) is 11.3 Å². The van der Waals surface area contributed by atoms with Crippen LogP contribution in [0.15, 0.2) is 12.1 Å². The number of methoxy groups -OCH3 is 1. The topological polar surface area (TPSA) is 68.5 Å². The summed E-state index contributed by atoms with van der Waals surface area (Å²) in [5, 5.41) is 23.0. The van der Waals surface area contributed by atoms with Gasteiger partial charge in [-0.25, -0.2) is 0 Å². The molecule has 1 aliphatic heterocycles. The van der Waals surface area contributed by atoms with E-state index in [-0.39, 0.29) is 11.8 Å². The average molecular weight is 275 g/mol. The van der Waals surface area contributed by atoms with Crippen LogP contribution in [0.3, 0.4) is 0 Å². The van der Waals surface area contributed by atoms with Crippen molar-refractivity contribution in [2.24, 2.45) is 0 Å². The summed E-state index contributed by atoms with van der Waals surface area (Å²) in [6.07, 6.45) is 0.843. The first-order valence-electron chi connectivity index (χ1n) is 6.97. The Balaban J connectivity index is 2.44. The highest BCUT2D eigenvalue weighted by molar-refractivity contribution is 5.55. The number of nitrogens with one attached hydrogen (secondary N) is 1. The fourth-order valence-corrected chi connectivity index (χ4v) is 2.83. The Morgan fingerprint density at radius 1 is 1.45 bits per heavy atom. The number of rotatable bonds is 4. The van der Waals surface area contributed by atoms with E-state index < -0.39 is 0 Å². The molecular weight excluding hydrogens is 254 g/mol. The highest BCUT2D eigenvalue weighted by Crippen LogP contribution is 2.39. The lowest BCUT2D eigenvalue weighted by atomic mass is 9.95. The molecule has 0 radical (unpaired) electrons. The van der Waals surface area contributed by atoms with Crippen LogP contribution in [0.1, 0.15) is 30.5 Å². The van der Waals surface area contributed by atoms with E-state index in [2.05, 4.69) is 23.2 Å². The average Bonchev–Trinajstić information content (AvgIpc) is 2.50. The first-order chi connectivity index (χ1) is 9.72. The Morgan fingerprint density at radius 2 is 2.15 bits per heavy atom. The summed E-state index contributed by atoms with van der Waals surface area (Å²) in [4.78, 5) is 2.31. The van der Waals surface area contributed by atoms with Crippen LogP contribution in [0.2, 0.25) is 0 Å². The van der Waals surface area contributed by atoms with Gasteiger partial charge in [-0.1, -0.05) is 6.92 Å². The van der Waals surface area contributed by atoms with Gasteiger partial charge in [0.1, 0.15) is 0 Å². The van der Waals surface area contributed by atoms with E-state index in [4.69, 9.17) is 4.74 Å². The normalized spacial score (nSPS) is 17.4. The number of phenolic OH excluding ortho intramolecular Hbond substituents is 1. The standard InChI is InChI=1S/C15H21N3O2/c1-3-12(18-8-6-17-7-9-18)14-11(10-16)4-5-13(20-2)15(14)19/h4-5,12,17,19H,3,6-9H2,1-2H3/t12-/m0/s1. The molecule has 0 aliphatic carbocycles. The Bertz CT molecular complexity index is 505. The number of ether oxygens (including phenoxy) is 1. The zero-order chi connectivity index (χ0) is 14.5. The third-order valence-corrected chi connectivity index (χ3v) is 3.83. The summed E-state index contributed by atoms with van der Waals surface area (Å²) < 4.78 is 5.18. The van der Waals surface area contributed by atoms with Crippen LogP contribution < -0.4 is 10.1 Å². The van der Waals surface area contributed by atoms with Crippen molar-refractivity contribution in [3.05, 3.63) is 23.3 Å². The van der Waals surface area contributed by atoms with E-state index in [0.717, 1.165) is 32.6 Å². The minimum Gasteiger partial charge on any atom is -0.504 e. The zero-order valence-electron chi connectivity index (χ0n) is 12.0. The minimum atomic E-state index is 0.0434. The molecule has 1 aromatic carbocycles. The summed E-state index contributed by atoms with van der Waals surface area (Å²) in [6.45, 7) is 5.78. The minimum absolute atomic E-state index is 0.0434. The van der Waals surface area contributed by atoms with E-state index in [1.807, 2.05) is 0 Å². The quantitative estimate of drug-likeness (QED) is 0.874. The fourth-order valence-electron chi connectivity index (χ4n) is 2.83. The highest BCUT2D eigenvalue weighted by atomic mass is 16.5. The van der Waals surface area contributed by atoms with Crippen molar-refractivity contribution in [3.63, 3.8) is 0 Å². The Labute approximate surface area is 119 Å². The number of benzene rings is 1. The summed E-state index contributed by atoms with van der Waals surface area (Å²) in [7, 11) is 1.52. The van der Waals surface area contributed by atoms with Crippen molar-refractivity contribution in [3.8, 4) is 17.6 Å². The number of piperazine rings is 1. The molecule has 20 heavy (non-hydrogen) atoms. The molecular formula is C15H21N3O2. The highest BCUT2D eigenvalue weighted by Gasteiger charge is 2.27. The van der Waals surface area contributed by atoms with Gasteiger partial charge in [-0.15, -0.1) is 0 Å². The smallest absolute Gasteiger partial charge is 0.163 e. The van der Waals surface area contributed by atoms with Gasteiger partial charge in [0.2, 0.25) is 0 Å². The van der Waals surface area contributed by atoms with E-state index >= 15 is 0 Å². The molecule has 2 rings (SSSR count). The summed E-state index contributed by atoms with van der Waals surface area (Å²) >= 11 is 0. The molecule has 108 valence electrons. The molecule has 5 heteroatoms. The number of aromatic hydroxyl groups is 1. The van der Waals surface area contributed by atoms with Gasteiger partial charge >= 0.3 is 0 Å². The number of nitriles is 1. The number of hydrogen-bond acceptors (Lipinski definition) is 5. The lowest BCUT2D eigenvalue weighted by molar-refractivity contribution is 0.166. The van der Waals surface area contributed by atoms with Crippen LogP contribution >= 0.6 is 0 Å². The largest absolute Gasteiger partial charge is 0.504 e. The van der Waals surface area contributed by atoms with Gasteiger partial charge in [-0.3, -0.25) is 4.90 Å². The molecule has 1 aliphatic rings. The van der Waals surface area contributed by atoms with Crippen LogP contribution in [0.5, 0.6) is 11.5 Å². The van der Waals surface area contributed by atoms with Gasteiger partial charge in [0.15, 0.2) is 11.5 Å². The molecule has 1 heterocycles. The third kappa shape index (κ3) is 2.72. The third-order valence-electron chi connectivity index (χ3n) is 3.83. The van der Waals surface area contributed by atoms with Gasteiger partial charge in [0.25, 0.3) is 0 Å². The van der Waals surface area contributed by atoms with Gasteiger partial charge in [0.05, 0.1) is 18.7 Å². The van der Waals surface area contributed by atoms with Crippen LogP contribution in [0.4, 0.5) is 0 Å². The predicted molar refractivity (Wildman–Crippen MR) is 76.8 cm³/mol. The van der Waals surface area contributed by atoms with Gasteiger partial charge in [-0.05, 0) is 18.6 Å². The maximum absolute atomic E-state index is 10.4. The molecule has 0 spiro atoms. The van der Waals surface area contributed by atoms with E-state index in [9.17, 15) is 10.4 Å². The zero-order valence-corrected chi connectivity index (χ0v) is 12.0. The van der Waals surface area contributed by atoms with Crippen LogP contribution in [-0.2, 0) is 0 Å². The van der Waals surface area contributed by atoms with Gasteiger partial charge in [0, 0.05) is 37.8 Å². The lowest BCUT2D eigenvalue weighted by Gasteiger charge is -2.35. The van der Waals surface area contributed by atoms with E-state index in [1.54, 1.807) is 12.1 Å². The van der Waals surface area contributed by atoms with Crippen molar-refractivity contribution in [2.45, 2.75) is 19.4 Å². The summed E-state index contributed by atoms with van der Waals surface area (Å²) in [5.41, 5.74) is 1.21. The Hall–Kier alpha value is -1.77. The predicted octanol–water partition coefficient (Wildman–Crippen LogP) is 1.63. The van der Waals surface area contributed by atoms with Crippen molar-refractivity contribution in [1.29, 1.82) is 5.26 Å². The molecule has 1 saturated heterocycles. The molecule has 0 aromatic heterocycles. The van der Waals surface area contributed by atoms with Gasteiger partial charge < -0.3 is 15.2 Å². The van der Waals surface area contributed by atoms with Crippen molar-refractivity contribution < 1.29 is 9.84 Å². The Kier molecular flexibility index (Phi) is 4.83. The van der Waals surface area contributed by atoms with Crippen molar-refractivity contribution >= 4 is 0 Å². The molecule has 1 fully saturated rings. The maximum atomic E-state index is 10.4. The Morgan fingerprint density at radius 3 is 2.70 bits per heavy atom. The summed E-state index contributed by atoms with van der Waals surface area (Å²) in [5.74, 6) is 0.518. The first kappa shape index (κ1) is 14.6. The second-order valence-electron chi connectivity index (χ2n) is 4.90. The second kappa shape index (κ2) is 6.60. The molecule has 0 unspecified atom stereocenters. The molecule has 0 saturated carbocycles. The second-order valence-corrected chi connectivity index (χ2v) is 4.90. The number of nitrogens with zero attached hydrogens (tertiary/aromatic N) is 2. The maximum Gasteiger partial charge on any atom is 0.163 e. The summed E-state index contributed by atoms with van der Waals surface area (Å²) in [6, 6.07) is 5.59. The molecule has 1 atom stereocenters. The molecule has 0 amide bonds. The number of hydrogen-bond donors (Lipinski definition) is 2. The van der Waals surface area contributed by atoms with E-state index in [0.29, 0.717) is 16.9 Å². The molecule has 5 nitrogen and oxygen atoms in total. The van der Waals surface area contributed by atoms with Crippen molar-refractivity contribution in [1.82, 2.24) is 10.2 Å². The fraction of sp³-hybridized carbons (Fsp3) is 0.533. The first-order valence-corrected chi connectivity index (χ1v) is 6.97. The molecule has 1 aromatic rings. The van der Waals surface area contributed by atoms with Crippen LogP contribution in [0.25, 0.3) is 0 Å². The van der Waals surface area contributed by atoms with Crippen LogP contribution in [-0.4, -0.2) is 43.3 Å². The van der Waals surface area contributed by atoms with Gasteiger partial charge in [-0.2, -0.15) is 5.26 Å². The molecule has 2 N–H and O–H groups in total. The van der Waals surface area contributed by atoms with E-state index in [1.165, 1.54) is 7.11 Å². The monoisotopic (exact) mass is 275 g/mol.